The predicted octanol–water partition coefficient (Wildman–Crippen LogP) is 10.2. The number of hydrogen-bond acceptors (Lipinski definition) is 5. The second-order valence-corrected chi connectivity index (χ2v) is 14.0. The average molecular weight is 693 g/mol. The molecular weight excluding hydrogens is 652 g/mol. The van der Waals surface area contributed by atoms with E-state index in [2.05, 4.69) is 113 Å². The molecule has 6 aromatic rings. The summed E-state index contributed by atoms with van der Waals surface area (Å²) in [6.07, 6.45) is 0.984. The highest BCUT2D eigenvalue weighted by Crippen LogP contribution is 2.46. The maximum absolute atomic E-state index is 13.3. The fourth-order valence-electron chi connectivity index (χ4n) is 6.91. The first-order chi connectivity index (χ1) is 25.1. The van der Waals surface area contributed by atoms with Crippen LogP contribution in [0.5, 0.6) is 5.75 Å². The maximum atomic E-state index is 13.3. The normalized spacial score (nSPS) is 15.1. The third-order valence-corrected chi connectivity index (χ3v) is 10.7. The summed E-state index contributed by atoms with van der Waals surface area (Å²) in [5, 5.41) is 4.73. The van der Waals surface area contributed by atoms with Crippen LogP contribution in [-0.4, -0.2) is 41.5 Å². The molecular formula is C45H41FN2O2S. The van der Waals surface area contributed by atoms with Gasteiger partial charge in [-0.1, -0.05) is 145 Å². The Morgan fingerprint density at radius 3 is 1.76 bits per heavy atom. The third-order valence-electron chi connectivity index (χ3n) is 9.45. The van der Waals surface area contributed by atoms with Gasteiger partial charge in [-0.25, -0.2) is 4.39 Å². The van der Waals surface area contributed by atoms with Crippen molar-refractivity contribution < 1.29 is 14.0 Å². The summed E-state index contributed by atoms with van der Waals surface area (Å²) in [6, 6.07) is 55.8. The van der Waals surface area contributed by atoms with Gasteiger partial charge >= 0.3 is 0 Å². The van der Waals surface area contributed by atoms with Crippen molar-refractivity contribution in [3.05, 3.63) is 197 Å². The summed E-state index contributed by atoms with van der Waals surface area (Å²) >= 11 is 2.03. The summed E-state index contributed by atoms with van der Waals surface area (Å²) in [5.41, 5.74) is 8.50. The SMILES string of the molecule is CC(=NOCCOc1ccc(CC2CN(C(c3ccccc3)(c3ccccc3)c3ccccc3)CS2)cc1)c1ccc(-c2ccc(F)cc2)cc1. The Morgan fingerprint density at radius 1 is 0.686 bits per heavy atom. The molecule has 1 saturated heterocycles. The van der Waals surface area contributed by atoms with E-state index in [0.717, 1.165) is 47.0 Å². The molecule has 7 rings (SSSR count). The predicted molar refractivity (Wildman–Crippen MR) is 208 cm³/mol. The van der Waals surface area contributed by atoms with Crippen LogP contribution in [0.2, 0.25) is 0 Å². The average Bonchev–Trinajstić information content (AvgIpc) is 3.65. The first-order valence-corrected chi connectivity index (χ1v) is 18.4. The summed E-state index contributed by atoms with van der Waals surface area (Å²) in [4.78, 5) is 8.22. The molecule has 4 nitrogen and oxygen atoms in total. The highest BCUT2D eigenvalue weighted by molar-refractivity contribution is 8.00. The van der Waals surface area contributed by atoms with Gasteiger partial charge in [-0.05, 0) is 76.6 Å². The van der Waals surface area contributed by atoms with Crippen molar-refractivity contribution in [1.29, 1.82) is 0 Å². The van der Waals surface area contributed by atoms with E-state index in [0.29, 0.717) is 18.5 Å². The fraction of sp³-hybridized carbons (Fsp3) is 0.178. The topological polar surface area (TPSA) is 34.1 Å². The van der Waals surface area contributed by atoms with Gasteiger partial charge in [0.2, 0.25) is 0 Å². The van der Waals surface area contributed by atoms with Crippen molar-refractivity contribution >= 4 is 17.5 Å². The van der Waals surface area contributed by atoms with Crippen LogP contribution in [0.15, 0.2) is 169 Å². The first kappa shape index (κ1) is 34.3. The maximum Gasteiger partial charge on any atom is 0.151 e. The van der Waals surface area contributed by atoms with E-state index in [9.17, 15) is 4.39 Å². The Bertz CT molecular complexity index is 1910. The Hall–Kier alpha value is -5.17. The molecule has 0 N–H and O–H groups in total. The van der Waals surface area contributed by atoms with E-state index in [1.54, 1.807) is 12.1 Å². The largest absolute Gasteiger partial charge is 0.490 e. The lowest BCUT2D eigenvalue weighted by Crippen LogP contribution is -2.47. The number of ether oxygens (including phenoxy) is 1. The molecule has 6 heteroatoms. The van der Waals surface area contributed by atoms with E-state index in [4.69, 9.17) is 9.57 Å². The van der Waals surface area contributed by atoms with Gasteiger partial charge in [0, 0.05) is 17.7 Å². The molecule has 1 fully saturated rings. The monoisotopic (exact) mass is 692 g/mol. The molecule has 1 aliphatic heterocycles. The van der Waals surface area contributed by atoms with Crippen LogP contribution in [0.4, 0.5) is 4.39 Å². The number of halogens is 1. The van der Waals surface area contributed by atoms with Crippen LogP contribution < -0.4 is 4.74 Å². The molecule has 6 aromatic carbocycles. The molecule has 1 atom stereocenters. The van der Waals surface area contributed by atoms with Crippen LogP contribution in [-0.2, 0) is 16.8 Å². The number of nitrogens with zero attached hydrogens (tertiary/aromatic N) is 2. The van der Waals surface area contributed by atoms with Gasteiger partial charge in [0.25, 0.3) is 0 Å². The van der Waals surface area contributed by atoms with Gasteiger partial charge in [-0.15, -0.1) is 11.8 Å². The number of thioether (sulfide) groups is 1. The smallest absolute Gasteiger partial charge is 0.151 e. The molecule has 256 valence electrons. The first-order valence-electron chi connectivity index (χ1n) is 17.4. The molecule has 0 spiro atoms. The van der Waals surface area contributed by atoms with Crippen molar-refractivity contribution in [3.63, 3.8) is 0 Å². The van der Waals surface area contributed by atoms with Crippen LogP contribution in [0.3, 0.4) is 0 Å². The second kappa shape index (κ2) is 16.2. The standard InChI is InChI=1S/C45H41FN2O2S/c1-34(36-19-21-37(22-20-36)38-23-25-42(46)26-24-38)47-50-30-29-49-43-27-17-35(18-28-43)31-44-32-48(33-51-44)45(39-11-5-2-6-12-39,40-13-7-3-8-14-40)41-15-9-4-10-16-41/h2-28,44H,29-33H2,1H3. The van der Waals surface area contributed by atoms with Crippen LogP contribution in [0.25, 0.3) is 11.1 Å². The van der Waals surface area contributed by atoms with E-state index in [-0.39, 0.29) is 11.4 Å². The molecule has 0 radical (unpaired) electrons. The number of hydrogen-bond donors (Lipinski definition) is 0. The number of oxime groups is 1. The Balaban J connectivity index is 0.940. The summed E-state index contributed by atoms with van der Waals surface area (Å²) in [6.45, 7) is 3.62. The summed E-state index contributed by atoms with van der Waals surface area (Å²) in [5.74, 6) is 1.52. The zero-order chi connectivity index (χ0) is 34.9. The molecule has 1 aliphatic rings. The van der Waals surface area contributed by atoms with E-state index >= 15 is 0 Å². The Morgan fingerprint density at radius 2 is 1.22 bits per heavy atom. The van der Waals surface area contributed by atoms with Crippen molar-refractivity contribution in [2.75, 3.05) is 25.6 Å². The van der Waals surface area contributed by atoms with Gasteiger partial charge < -0.3 is 9.57 Å². The minimum atomic E-state index is -0.385. The molecule has 0 aliphatic carbocycles. The molecule has 1 unspecified atom stereocenters. The molecule has 0 bridgehead atoms. The fourth-order valence-corrected chi connectivity index (χ4v) is 8.20. The van der Waals surface area contributed by atoms with E-state index in [1.165, 1.54) is 34.4 Å². The number of benzene rings is 6. The second-order valence-electron chi connectivity index (χ2n) is 12.7. The minimum absolute atomic E-state index is 0.239. The zero-order valence-electron chi connectivity index (χ0n) is 28.7. The molecule has 51 heavy (non-hydrogen) atoms. The lowest BCUT2D eigenvalue weighted by Gasteiger charge is -2.43. The van der Waals surface area contributed by atoms with Crippen molar-refractivity contribution in [2.45, 2.75) is 24.1 Å². The molecule has 0 amide bonds. The van der Waals surface area contributed by atoms with Crippen molar-refractivity contribution in [1.82, 2.24) is 4.90 Å². The summed E-state index contributed by atoms with van der Waals surface area (Å²) < 4.78 is 19.2. The van der Waals surface area contributed by atoms with E-state index < -0.39 is 0 Å². The molecule has 0 saturated carbocycles. The van der Waals surface area contributed by atoms with Crippen molar-refractivity contribution in [3.8, 4) is 16.9 Å². The third kappa shape index (κ3) is 7.93. The molecule has 0 aromatic heterocycles. The van der Waals surface area contributed by atoms with Gasteiger partial charge in [0.15, 0.2) is 6.61 Å². The lowest BCUT2D eigenvalue weighted by atomic mass is 9.75. The number of rotatable bonds is 13. The van der Waals surface area contributed by atoms with Crippen LogP contribution in [0, 0.1) is 5.82 Å². The van der Waals surface area contributed by atoms with Crippen molar-refractivity contribution in [2.24, 2.45) is 5.16 Å². The van der Waals surface area contributed by atoms with E-state index in [1.807, 2.05) is 55.1 Å². The van der Waals surface area contributed by atoms with Crippen LogP contribution >= 0.6 is 11.8 Å². The van der Waals surface area contributed by atoms with Gasteiger partial charge in [-0.2, -0.15) is 0 Å². The quantitative estimate of drug-likeness (QED) is 0.0522. The van der Waals surface area contributed by atoms with Gasteiger partial charge in [-0.3, -0.25) is 4.90 Å². The Kier molecular flexibility index (Phi) is 10.9. The highest BCUT2D eigenvalue weighted by Gasteiger charge is 2.45. The lowest BCUT2D eigenvalue weighted by molar-refractivity contribution is 0.107. The van der Waals surface area contributed by atoms with Gasteiger partial charge in [0.1, 0.15) is 18.2 Å². The summed E-state index contributed by atoms with van der Waals surface area (Å²) in [7, 11) is 0. The zero-order valence-corrected chi connectivity index (χ0v) is 29.5. The Labute approximate surface area is 304 Å². The van der Waals surface area contributed by atoms with Gasteiger partial charge in [0.05, 0.1) is 11.3 Å². The van der Waals surface area contributed by atoms with Crippen LogP contribution in [0.1, 0.15) is 34.7 Å². The highest BCUT2D eigenvalue weighted by atomic mass is 32.2. The molecule has 1 heterocycles. The minimum Gasteiger partial charge on any atom is -0.490 e.